The van der Waals surface area contributed by atoms with Crippen molar-refractivity contribution in [2.24, 2.45) is 0 Å². The van der Waals surface area contributed by atoms with E-state index in [1.807, 2.05) is 27.7 Å². The number of amides is 1. The first-order valence-corrected chi connectivity index (χ1v) is 10.5. The summed E-state index contributed by atoms with van der Waals surface area (Å²) in [7, 11) is 0. The zero-order valence-corrected chi connectivity index (χ0v) is 18.3. The van der Waals surface area contributed by atoms with Crippen LogP contribution in [0.15, 0.2) is 12.1 Å². The summed E-state index contributed by atoms with van der Waals surface area (Å²) >= 11 is 0. The summed E-state index contributed by atoms with van der Waals surface area (Å²) in [6.07, 6.45) is 0.577. The molecule has 8 nitrogen and oxygen atoms in total. The van der Waals surface area contributed by atoms with Crippen LogP contribution in [0, 0.1) is 12.7 Å². The van der Waals surface area contributed by atoms with Crippen molar-refractivity contribution < 1.29 is 18.7 Å². The van der Waals surface area contributed by atoms with Gasteiger partial charge in [0.1, 0.15) is 17.2 Å². The average Bonchev–Trinajstić information content (AvgIpc) is 3.02. The number of nitrogens with zero attached hydrogens (tertiary/aromatic N) is 3. The van der Waals surface area contributed by atoms with E-state index >= 15 is 0 Å². The molecule has 0 saturated heterocycles. The molecule has 0 saturated carbocycles. The first kappa shape index (κ1) is 21.1. The van der Waals surface area contributed by atoms with Crippen molar-refractivity contribution in [3.63, 3.8) is 0 Å². The molecule has 0 radical (unpaired) electrons. The molecule has 0 bridgehead atoms. The lowest BCUT2D eigenvalue weighted by Gasteiger charge is -2.29. The molecule has 0 spiro atoms. The fraction of sp³-hybridized carbons (Fsp3) is 0.500. The number of anilines is 2. The van der Waals surface area contributed by atoms with Gasteiger partial charge >= 0.3 is 6.09 Å². The van der Waals surface area contributed by atoms with Gasteiger partial charge in [0, 0.05) is 30.8 Å². The number of carbonyl (C=O) groups is 2. The number of fused-ring (bicyclic) bond motifs is 2. The maximum absolute atomic E-state index is 14.1. The van der Waals surface area contributed by atoms with Gasteiger partial charge < -0.3 is 20.7 Å². The minimum atomic E-state index is -0.598. The largest absolute Gasteiger partial charge is 0.444 e. The van der Waals surface area contributed by atoms with Crippen molar-refractivity contribution in [1.29, 1.82) is 0 Å². The van der Waals surface area contributed by atoms with Crippen LogP contribution in [-0.4, -0.2) is 45.4 Å². The molecule has 1 amide bonds. The molecular weight excluding hydrogens is 401 g/mol. The highest BCUT2D eigenvalue weighted by molar-refractivity contribution is 5.90. The standard InChI is InChI=1S/C22H28FN5O3/c1-12-9-13(23)10-15-14(5-7-25-18(12)15)20(29)28-19(24)16-11-27(8-6-17(16)26-28)21(30)31-22(2,3)4/h9-10,14,25H,5-8,11,24H2,1-4H3. The third-order valence-electron chi connectivity index (χ3n) is 5.67. The summed E-state index contributed by atoms with van der Waals surface area (Å²) in [6, 6.07) is 2.85. The highest BCUT2D eigenvalue weighted by atomic mass is 19.1. The topological polar surface area (TPSA) is 102 Å². The van der Waals surface area contributed by atoms with Gasteiger partial charge in [-0.25, -0.2) is 9.18 Å². The van der Waals surface area contributed by atoms with E-state index in [1.54, 1.807) is 4.90 Å². The van der Waals surface area contributed by atoms with Crippen LogP contribution in [0.3, 0.4) is 0 Å². The molecule has 0 fully saturated rings. The predicted octanol–water partition coefficient (Wildman–Crippen LogP) is 3.45. The smallest absolute Gasteiger partial charge is 0.410 e. The Hall–Kier alpha value is -3.10. The molecule has 0 aliphatic carbocycles. The second-order valence-corrected chi connectivity index (χ2v) is 9.17. The fourth-order valence-electron chi connectivity index (χ4n) is 4.23. The third-order valence-corrected chi connectivity index (χ3v) is 5.67. The molecule has 1 atom stereocenters. The van der Waals surface area contributed by atoms with Gasteiger partial charge in [0.25, 0.3) is 5.91 Å². The second kappa shape index (κ2) is 7.55. The molecule has 9 heteroatoms. The molecule has 3 N–H and O–H groups in total. The highest BCUT2D eigenvalue weighted by Gasteiger charge is 2.34. The number of aryl methyl sites for hydroxylation is 1. The van der Waals surface area contributed by atoms with Crippen molar-refractivity contribution in [3.05, 3.63) is 40.3 Å². The summed E-state index contributed by atoms with van der Waals surface area (Å²) in [4.78, 5) is 27.4. The van der Waals surface area contributed by atoms with Gasteiger partial charge in [0.15, 0.2) is 0 Å². The second-order valence-electron chi connectivity index (χ2n) is 9.17. The zero-order chi connectivity index (χ0) is 22.5. The van der Waals surface area contributed by atoms with E-state index in [2.05, 4.69) is 10.4 Å². The van der Waals surface area contributed by atoms with E-state index in [0.717, 1.165) is 11.3 Å². The number of nitrogen functional groups attached to an aromatic ring is 1. The third kappa shape index (κ3) is 3.96. The van der Waals surface area contributed by atoms with E-state index in [4.69, 9.17) is 10.5 Å². The quantitative estimate of drug-likeness (QED) is 0.720. The minimum Gasteiger partial charge on any atom is -0.444 e. The lowest BCUT2D eigenvalue weighted by molar-refractivity contribution is 0.0224. The van der Waals surface area contributed by atoms with Crippen LogP contribution in [0.2, 0.25) is 0 Å². The number of nitrogens with two attached hydrogens (primary N) is 1. The van der Waals surface area contributed by atoms with Crippen LogP contribution >= 0.6 is 0 Å². The molecule has 2 aromatic rings. The van der Waals surface area contributed by atoms with E-state index < -0.39 is 17.6 Å². The van der Waals surface area contributed by atoms with Crippen molar-refractivity contribution >= 4 is 23.5 Å². The van der Waals surface area contributed by atoms with E-state index in [9.17, 15) is 14.0 Å². The highest BCUT2D eigenvalue weighted by Crippen LogP contribution is 2.37. The lowest BCUT2D eigenvalue weighted by Crippen LogP contribution is -2.39. The van der Waals surface area contributed by atoms with Crippen LogP contribution in [0.5, 0.6) is 0 Å². The molecule has 4 rings (SSSR count). The maximum atomic E-state index is 14.1. The first-order valence-electron chi connectivity index (χ1n) is 10.5. The number of halogens is 1. The van der Waals surface area contributed by atoms with Gasteiger partial charge in [-0.2, -0.15) is 9.78 Å². The number of benzene rings is 1. The summed E-state index contributed by atoms with van der Waals surface area (Å²) < 4.78 is 20.7. The fourth-order valence-corrected chi connectivity index (χ4v) is 4.23. The molecule has 1 aromatic carbocycles. The Kier molecular flexibility index (Phi) is 5.15. The van der Waals surface area contributed by atoms with Gasteiger partial charge in [-0.15, -0.1) is 0 Å². The number of ether oxygens (including phenoxy) is 1. The number of hydrogen-bond acceptors (Lipinski definition) is 6. The molecule has 166 valence electrons. The molecule has 3 heterocycles. The lowest BCUT2D eigenvalue weighted by atomic mass is 9.88. The summed E-state index contributed by atoms with van der Waals surface area (Å²) in [5.74, 6) is -0.986. The molecule has 1 aromatic heterocycles. The molecule has 1 unspecified atom stereocenters. The maximum Gasteiger partial charge on any atom is 0.410 e. The van der Waals surface area contributed by atoms with Crippen molar-refractivity contribution in [1.82, 2.24) is 14.7 Å². The van der Waals surface area contributed by atoms with E-state index in [-0.39, 0.29) is 24.1 Å². The van der Waals surface area contributed by atoms with Crippen molar-refractivity contribution in [2.75, 3.05) is 24.1 Å². The van der Waals surface area contributed by atoms with E-state index in [1.165, 1.54) is 16.8 Å². The van der Waals surface area contributed by atoms with Crippen molar-refractivity contribution in [3.8, 4) is 0 Å². The van der Waals surface area contributed by atoms with Crippen LogP contribution in [0.4, 0.5) is 20.7 Å². The number of carbonyl (C=O) groups excluding carboxylic acids is 2. The summed E-state index contributed by atoms with van der Waals surface area (Å²) in [5.41, 5.74) is 9.25. The van der Waals surface area contributed by atoms with Gasteiger partial charge in [-0.1, -0.05) is 0 Å². The Labute approximate surface area is 180 Å². The normalized spacial score (nSPS) is 18.1. The molecule has 31 heavy (non-hydrogen) atoms. The monoisotopic (exact) mass is 429 g/mol. The van der Waals surface area contributed by atoms with E-state index in [0.29, 0.717) is 42.8 Å². The van der Waals surface area contributed by atoms with Crippen LogP contribution in [0.1, 0.15) is 60.3 Å². The number of hydrogen-bond donors (Lipinski definition) is 2. The molecular formula is C22H28FN5O3. The summed E-state index contributed by atoms with van der Waals surface area (Å²) in [6.45, 7) is 8.52. The Morgan fingerprint density at radius 3 is 2.77 bits per heavy atom. The first-order chi connectivity index (χ1) is 14.5. The number of nitrogens with one attached hydrogen (secondary N) is 1. The molecule has 2 aliphatic heterocycles. The average molecular weight is 429 g/mol. The van der Waals surface area contributed by atoms with Crippen LogP contribution < -0.4 is 11.1 Å². The molecule has 2 aliphatic rings. The van der Waals surface area contributed by atoms with Gasteiger partial charge in [-0.3, -0.25) is 4.79 Å². The van der Waals surface area contributed by atoms with Crippen LogP contribution in [0.25, 0.3) is 0 Å². The Morgan fingerprint density at radius 2 is 2.06 bits per heavy atom. The van der Waals surface area contributed by atoms with Gasteiger partial charge in [0.05, 0.1) is 18.2 Å². The number of rotatable bonds is 1. The Morgan fingerprint density at radius 1 is 1.32 bits per heavy atom. The minimum absolute atomic E-state index is 0.224. The zero-order valence-electron chi connectivity index (χ0n) is 18.3. The van der Waals surface area contributed by atoms with Gasteiger partial charge in [-0.05, 0) is 57.4 Å². The Balaban J connectivity index is 1.61. The Bertz CT molecular complexity index is 1060. The predicted molar refractivity (Wildman–Crippen MR) is 115 cm³/mol. The van der Waals surface area contributed by atoms with Crippen LogP contribution in [-0.2, 0) is 17.7 Å². The SMILES string of the molecule is Cc1cc(F)cc2c1NCCC2C(=O)n1nc2c(c1N)CN(C(=O)OC(C)(C)C)CC2. The number of aromatic nitrogens is 2. The van der Waals surface area contributed by atoms with Gasteiger partial charge in [0.2, 0.25) is 0 Å². The summed E-state index contributed by atoms with van der Waals surface area (Å²) in [5, 5.41) is 7.72. The van der Waals surface area contributed by atoms with Crippen molar-refractivity contribution in [2.45, 2.75) is 58.6 Å².